The van der Waals surface area contributed by atoms with E-state index in [0.717, 1.165) is 6.07 Å². The fraction of sp³-hybridized carbons (Fsp3) is 0.636. The van der Waals surface area contributed by atoms with Crippen molar-refractivity contribution in [3.63, 3.8) is 0 Å². The molecular formula is C33H50N2O10Si2. The first-order valence-corrected chi connectivity index (χ1v) is 20.5. The highest BCUT2D eigenvalue weighted by Crippen LogP contribution is 2.48. The van der Waals surface area contributed by atoms with Gasteiger partial charge in [0, 0.05) is 17.8 Å². The van der Waals surface area contributed by atoms with Gasteiger partial charge in [0.1, 0.15) is 18.3 Å². The number of nitrogens with zero attached hydrogens (tertiary/aromatic N) is 2. The van der Waals surface area contributed by atoms with Crippen LogP contribution in [-0.4, -0.2) is 76.3 Å². The van der Waals surface area contributed by atoms with Crippen LogP contribution in [0, 0.1) is 0 Å². The number of ether oxygens (including phenoxy) is 3. The van der Waals surface area contributed by atoms with E-state index in [4.69, 9.17) is 27.2 Å². The van der Waals surface area contributed by atoms with E-state index in [1.807, 2.05) is 0 Å². The summed E-state index contributed by atoms with van der Waals surface area (Å²) in [5.41, 5.74) is -1.23. The van der Waals surface area contributed by atoms with Gasteiger partial charge in [-0.15, -0.1) is 0 Å². The molecule has 0 amide bonds. The number of carbonyl (C=O) groups excluding carboxylic acids is 2. The molecule has 4 rings (SSSR count). The first-order chi connectivity index (χ1) is 22.2. The average molecular weight is 691 g/mol. The van der Waals surface area contributed by atoms with Gasteiger partial charge < -0.3 is 27.2 Å². The van der Waals surface area contributed by atoms with Gasteiger partial charge >= 0.3 is 28.8 Å². The predicted molar refractivity (Wildman–Crippen MR) is 180 cm³/mol. The lowest BCUT2D eigenvalue weighted by molar-refractivity contribution is -0.146. The summed E-state index contributed by atoms with van der Waals surface area (Å²) >= 11 is 0. The maximum Gasteiger partial charge on any atom is 0.340 e. The maximum absolute atomic E-state index is 14.0. The van der Waals surface area contributed by atoms with Crippen LogP contribution in [0.3, 0.4) is 0 Å². The molecule has 47 heavy (non-hydrogen) atoms. The molecule has 2 aliphatic rings. The van der Waals surface area contributed by atoms with Crippen LogP contribution in [0.4, 0.5) is 0 Å². The first kappa shape index (κ1) is 37.1. The molecule has 3 heterocycles. The number of rotatable bonds is 11. The van der Waals surface area contributed by atoms with Crippen molar-refractivity contribution in [2.75, 3.05) is 19.8 Å². The number of aromatic nitrogens is 2. The van der Waals surface area contributed by atoms with E-state index in [-0.39, 0.29) is 54.0 Å². The van der Waals surface area contributed by atoms with Gasteiger partial charge in [0.15, 0.2) is 6.23 Å². The van der Waals surface area contributed by atoms with Gasteiger partial charge in [-0.1, -0.05) is 73.6 Å². The quantitative estimate of drug-likeness (QED) is 0.237. The van der Waals surface area contributed by atoms with Crippen molar-refractivity contribution < 1.29 is 36.8 Å². The summed E-state index contributed by atoms with van der Waals surface area (Å²) in [5, 5.41) is 0. The zero-order valence-corrected chi connectivity index (χ0v) is 31.0. The van der Waals surface area contributed by atoms with Crippen molar-refractivity contribution in [3.8, 4) is 0 Å². The number of carbonyl (C=O) groups is 2. The Morgan fingerprint density at radius 3 is 2.11 bits per heavy atom. The monoisotopic (exact) mass is 690 g/mol. The SMILES string of the molecule is CCOC(=O)CCO[C@@H]1[C@@H]2O[Si](C(C)C)(C(C)C)O[Si](C(C)C)(C(C)C)OC[C@H]2O[C@H]1n1ccc(=O)n(C(=O)c2ccccc2)c1=O. The normalized spacial score (nSPS) is 23.9. The minimum absolute atomic E-state index is 0.0154. The summed E-state index contributed by atoms with van der Waals surface area (Å²) < 4.78 is 41.2. The maximum atomic E-state index is 14.0. The molecule has 0 unspecified atom stereocenters. The highest BCUT2D eigenvalue weighted by atomic mass is 28.5. The summed E-state index contributed by atoms with van der Waals surface area (Å²) in [5.74, 6) is -1.19. The van der Waals surface area contributed by atoms with Crippen LogP contribution < -0.4 is 11.2 Å². The second-order valence-corrected chi connectivity index (χ2v) is 22.2. The summed E-state index contributed by atoms with van der Waals surface area (Å²) in [7, 11) is -6.02. The van der Waals surface area contributed by atoms with Gasteiger partial charge in [0.2, 0.25) is 0 Å². The zero-order chi connectivity index (χ0) is 34.7. The average Bonchev–Trinajstić information content (AvgIpc) is 3.32. The van der Waals surface area contributed by atoms with Crippen LogP contribution in [0.1, 0.15) is 85.3 Å². The van der Waals surface area contributed by atoms with E-state index in [1.165, 1.54) is 22.9 Å². The topological polar surface area (TPSA) is 134 Å². The highest BCUT2D eigenvalue weighted by Gasteiger charge is 2.62. The van der Waals surface area contributed by atoms with Gasteiger partial charge in [-0.2, -0.15) is 4.57 Å². The van der Waals surface area contributed by atoms with Crippen molar-refractivity contribution in [1.82, 2.24) is 9.13 Å². The Morgan fingerprint density at radius 1 is 0.915 bits per heavy atom. The van der Waals surface area contributed by atoms with Crippen LogP contribution in [0.5, 0.6) is 0 Å². The standard InChI is InChI=1S/C33H50N2O10Si2/c1-10-40-28(37)17-19-41-30-29-26(20-42-46(21(2)3,22(4)5)45-47(44-29,23(6)7)24(8)9)43-32(30)34-18-16-27(36)35(33(34)39)31(38)25-14-12-11-13-15-25/h11-16,18,21-24,26,29-30,32H,10,17,19-20H2,1-9H3/t26-,29-,30-,32-/m1/s1. The molecular weight excluding hydrogens is 641 g/mol. The molecule has 2 saturated heterocycles. The van der Waals surface area contributed by atoms with Gasteiger partial charge in [0.25, 0.3) is 11.5 Å². The molecule has 0 aliphatic carbocycles. The molecule has 260 valence electrons. The number of fused-ring (bicyclic) bond motifs is 1. The van der Waals surface area contributed by atoms with E-state index in [2.05, 4.69) is 55.4 Å². The lowest BCUT2D eigenvalue weighted by Gasteiger charge is -2.51. The van der Waals surface area contributed by atoms with Crippen LogP contribution >= 0.6 is 0 Å². The van der Waals surface area contributed by atoms with Crippen LogP contribution in [0.15, 0.2) is 52.2 Å². The second-order valence-electron chi connectivity index (χ2n) is 13.4. The van der Waals surface area contributed by atoms with E-state index >= 15 is 0 Å². The lowest BCUT2D eigenvalue weighted by Crippen LogP contribution is -2.66. The Bertz CT molecular complexity index is 1490. The van der Waals surface area contributed by atoms with Crippen molar-refractivity contribution >= 4 is 29.0 Å². The Hall–Kier alpha value is -2.73. The van der Waals surface area contributed by atoms with Gasteiger partial charge in [-0.3, -0.25) is 19.0 Å². The Labute approximate surface area is 278 Å². The van der Waals surface area contributed by atoms with Crippen molar-refractivity contribution in [3.05, 3.63) is 69.0 Å². The van der Waals surface area contributed by atoms with Crippen molar-refractivity contribution in [1.29, 1.82) is 0 Å². The molecule has 0 saturated carbocycles. The third-order valence-corrected chi connectivity index (χ3v) is 19.3. The van der Waals surface area contributed by atoms with Crippen LogP contribution in [0.25, 0.3) is 0 Å². The number of hydrogen-bond donors (Lipinski definition) is 0. The fourth-order valence-corrected chi connectivity index (χ4v) is 17.8. The minimum atomic E-state index is -3.12. The molecule has 2 fully saturated rings. The minimum Gasteiger partial charge on any atom is -0.466 e. The number of hydrogen-bond acceptors (Lipinski definition) is 10. The van der Waals surface area contributed by atoms with Crippen LogP contribution in [-0.2, 0) is 32.0 Å². The van der Waals surface area contributed by atoms with E-state index in [1.54, 1.807) is 25.1 Å². The van der Waals surface area contributed by atoms with Crippen molar-refractivity contribution in [2.45, 2.75) is 115 Å². The molecule has 0 N–H and O–H groups in total. The van der Waals surface area contributed by atoms with Gasteiger partial charge in [-0.25, -0.2) is 4.79 Å². The number of benzene rings is 1. The summed E-state index contributed by atoms with van der Waals surface area (Å²) in [4.78, 5) is 52.6. The molecule has 0 bridgehead atoms. The molecule has 14 heteroatoms. The fourth-order valence-electron chi connectivity index (χ4n) is 6.62. The third kappa shape index (κ3) is 7.33. The number of esters is 1. The van der Waals surface area contributed by atoms with Gasteiger partial charge in [0.05, 0.1) is 26.2 Å². The third-order valence-electron chi connectivity index (χ3n) is 9.05. The molecule has 2 aliphatic heterocycles. The Kier molecular flexibility index (Phi) is 12.0. The second kappa shape index (κ2) is 15.2. The Morgan fingerprint density at radius 2 is 1.53 bits per heavy atom. The summed E-state index contributed by atoms with van der Waals surface area (Å²) in [6.45, 7) is 18.9. The van der Waals surface area contributed by atoms with E-state index in [9.17, 15) is 19.2 Å². The Balaban J connectivity index is 1.84. The molecule has 0 spiro atoms. The molecule has 4 atom stereocenters. The smallest absolute Gasteiger partial charge is 0.340 e. The summed E-state index contributed by atoms with van der Waals surface area (Å²) in [6.07, 6.45) is -2.19. The van der Waals surface area contributed by atoms with E-state index < -0.39 is 64.8 Å². The zero-order valence-electron chi connectivity index (χ0n) is 29.0. The molecule has 2 aromatic rings. The molecule has 12 nitrogen and oxygen atoms in total. The largest absolute Gasteiger partial charge is 0.466 e. The summed E-state index contributed by atoms with van der Waals surface area (Å²) in [6, 6.07) is 9.26. The predicted octanol–water partition coefficient (Wildman–Crippen LogP) is 4.89. The molecule has 1 aromatic carbocycles. The lowest BCUT2D eigenvalue weighted by atomic mass is 10.1. The highest BCUT2D eigenvalue weighted by molar-refractivity contribution is 6.84. The van der Waals surface area contributed by atoms with Crippen LogP contribution in [0.2, 0.25) is 22.2 Å². The first-order valence-electron chi connectivity index (χ1n) is 16.6. The van der Waals surface area contributed by atoms with Crippen molar-refractivity contribution in [2.24, 2.45) is 0 Å². The molecule has 0 radical (unpaired) electrons. The van der Waals surface area contributed by atoms with E-state index in [0.29, 0.717) is 4.57 Å². The van der Waals surface area contributed by atoms with Gasteiger partial charge in [-0.05, 0) is 41.2 Å². The molecule has 1 aromatic heterocycles.